The highest BCUT2D eigenvalue weighted by atomic mass is 16.5. The number of amides is 2. The third-order valence-corrected chi connectivity index (χ3v) is 1.95. The maximum absolute atomic E-state index is 12.0. The molecule has 2 N–H and O–H groups in total. The van der Waals surface area contributed by atoms with E-state index in [2.05, 4.69) is 20.4 Å². The Morgan fingerprint density at radius 3 is 2.56 bits per heavy atom. The Hall–Kier alpha value is -2.11. The average molecular weight is 251 g/mol. The highest BCUT2D eigenvalue weighted by Crippen LogP contribution is 2.13. The molecular formula is C12H17N3O3. The summed E-state index contributed by atoms with van der Waals surface area (Å²) >= 11 is 0. The first-order valence-corrected chi connectivity index (χ1v) is 5.46. The van der Waals surface area contributed by atoms with Crippen molar-refractivity contribution in [3.8, 4) is 0 Å². The number of carbonyl (C=O) groups is 2. The first kappa shape index (κ1) is 14.0. The van der Waals surface area contributed by atoms with Crippen LogP contribution in [0.5, 0.6) is 0 Å². The molecular weight excluding hydrogens is 234 g/mol. The molecule has 0 aliphatic heterocycles. The molecule has 0 aliphatic carbocycles. The number of methoxy groups -OCH3 is 1. The summed E-state index contributed by atoms with van der Waals surface area (Å²) in [6, 6.07) is 3.21. The number of rotatable bonds is 2. The minimum atomic E-state index is -0.668. The maximum Gasteiger partial charge on any atom is 0.412 e. The Morgan fingerprint density at radius 1 is 1.33 bits per heavy atom. The standard InChI is InChI=1S/C12H17N3O3/c1-12(2,3)15-10(16)8-6-5-7-13-9(8)14-11(17)18-4/h5-7H,1-4H3,(H,15,16)(H,13,14,17). The lowest BCUT2D eigenvalue weighted by atomic mass is 10.1. The van der Waals surface area contributed by atoms with E-state index in [1.165, 1.54) is 13.3 Å². The quantitative estimate of drug-likeness (QED) is 0.839. The summed E-state index contributed by atoms with van der Waals surface area (Å²) in [4.78, 5) is 27.1. The average Bonchev–Trinajstić information content (AvgIpc) is 2.27. The molecule has 0 saturated heterocycles. The lowest BCUT2D eigenvalue weighted by Gasteiger charge is -2.21. The summed E-state index contributed by atoms with van der Waals surface area (Å²) in [5.74, 6) is -0.131. The fourth-order valence-corrected chi connectivity index (χ4v) is 1.24. The Morgan fingerprint density at radius 2 is 2.00 bits per heavy atom. The van der Waals surface area contributed by atoms with Crippen molar-refractivity contribution in [3.63, 3.8) is 0 Å². The molecule has 1 aromatic heterocycles. The second kappa shape index (κ2) is 5.48. The second-order valence-electron chi connectivity index (χ2n) is 4.72. The summed E-state index contributed by atoms with van der Waals surface area (Å²) < 4.78 is 4.47. The van der Waals surface area contributed by atoms with Crippen LogP contribution in [0.3, 0.4) is 0 Å². The maximum atomic E-state index is 12.0. The second-order valence-corrected chi connectivity index (χ2v) is 4.72. The van der Waals surface area contributed by atoms with Gasteiger partial charge in [-0.3, -0.25) is 10.1 Å². The van der Waals surface area contributed by atoms with Crippen molar-refractivity contribution in [1.29, 1.82) is 0 Å². The Bertz CT molecular complexity index is 452. The van der Waals surface area contributed by atoms with Gasteiger partial charge in [-0.2, -0.15) is 0 Å². The zero-order chi connectivity index (χ0) is 13.8. The predicted molar refractivity (Wildman–Crippen MR) is 67.5 cm³/mol. The number of nitrogens with one attached hydrogen (secondary N) is 2. The van der Waals surface area contributed by atoms with Crippen molar-refractivity contribution >= 4 is 17.8 Å². The van der Waals surface area contributed by atoms with E-state index in [1.807, 2.05) is 20.8 Å². The van der Waals surface area contributed by atoms with Crippen LogP contribution in [-0.4, -0.2) is 29.6 Å². The number of aromatic nitrogens is 1. The third-order valence-electron chi connectivity index (χ3n) is 1.95. The number of hydrogen-bond donors (Lipinski definition) is 2. The monoisotopic (exact) mass is 251 g/mol. The fourth-order valence-electron chi connectivity index (χ4n) is 1.24. The molecule has 0 saturated carbocycles. The summed E-state index contributed by atoms with van der Waals surface area (Å²) in [5, 5.41) is 5.19. The van der Waals surface area contributed by atoms with E-state index < -0.39 is 6.09 Å². The van der Waals surface area contributed by atoms with Crippen LogP contribution >= 0.6 is 0 Å². The first-order valence-electron chi connectivity index (χ1n) is 5.46. The van der Waals surface area contributed by atoms with Crippen molar-refractivity contribution < 1.29 is 14.3 Å². The van der Waals surface area contributed by atoms with Gasteiger partial charge in [0.25, 0.3) is 5.91 Å². The van der Waals surface area contributed by atoms with Crippen LogP contribution in [0.4, 0.5) is 10.6 Å². The molecule has 0 fully saturated rings. The zero-order valence-electron chi connectivity index (χ0n) is 10.9. The number of carbonyl (C=O) groups excluding carboxylic acids is 2. The lowest BCUT2D eigenvalue weighted by Crippen LogP contribution is -2.41. The lowest BCUT2D eigenvalue weighted by molar-refractivity contribution is 0.0920. The molecule has 0 atom stereocenters. The molecule has 0 aromatic carbocycles. The molecule has 0 bridgehead atoms. The molecule has 1 rings (SSSR count). The van der Waals surface area contributed by atoms with E-state index in [4.69, 9.17) is 0 Å². The van der Waals surface area contributed by atoms with Crippen molar-refractivity contribution in [1.82, 2.24) is 10.3 Å². The van der Waals surface area contributed by atoms with Crippen LogP contribution in [0.1, 0.15) is 31.1 Å². The van der Waals surface area contributed by atoms with Crippen LogP contribution in [0, 0.1) is 0 Å². The van der Waals surface area contributed by atoms with Crippen molar-refractivity contribution in [2.24, 2.45) is 0 Å². The molecule has 0 aliphatic rings. The minimum Gasteiger partial charge on any atom is -0.453 e. The molecule has 2 amide bonds. The van der Waals surface area contributed by atoms with Gasteiger partial charge in [0.2, 0.25) is 0 Å². The summed E-state index contributed by atoms with van der Waals surface area (Å²) in [6.45, 7) is 5.61. The molecule has 1 heterocycles. The van der Waals surface area contributed by atoms with Crippen LogP contribution < -0.4 is 10.6 Å². The molecule has 0 radical (unpaired) electrons. The van der Waals surface area contributed by atoms with E-state index in [1.54, 1.807) is 12.1 Å². The molecule has 6 heteroatoms. The van der Waals surface area contributed by atoms with E-state index >= 15 is 0 Å². The van der Waals surface area contributed by atoms with Gasteiger partial charge in [0.15, 0.2) is 0 Å². The van der Waals surface area contributed by atoms with Crippen molar-refractivity contribution in [2.75, 3.05) is 12.4 Å². The van der Waals surface area contributed by atoms with Crippen molar-refractivity contribution in [2.45, 2.75) is 26.3 Å². The Kier molecular flexibility index (Phi) is 4.25. The van der Waals surface area contributed by atoms with Crippen LogP contribution in [-0.2, 0) is 4.74 Å². The van der Waals surface area contributed by atoms with Gasteiger partial charge in [-0.1, -0.05) is 0 Å². The Labute approximate surface area is 106 Å². The smallest absolute Gasteiger partial charge is 0.412 e. The van der Waals surface area contributed by atoms with E-state index in [-0.39, 0.29) is 22.8 Å². The Balaban J connectivity index is 2.94. The number of nitrogens with zero attached hydrogens (tertiary/aromatic N) is 1. The summed E-state index contributed by atoms with van der Waals surface area (Å²) in [7, 11) is 1.24. The van der Waals surface area contributed by atoms with Gasteiger partial charge in [0, 0.05) is 11.7 Å². The molecule has 18 heavy (non-hydrogen) atoms. The number of hydrogen-bond acceptors (Lipinski definition) is 4. The van der Waals surface area contributed by atoms with E-state index in [0.717, 1.165) is 0 Å². The van der Waals surface area contributed by atoms with Crippen LogP contribution in [0.15, 0.2) is 18.3 Å². The largest absolute Gasteiger partial charge is 0.453 e. The number of ether oxygens (including phenoxy) is 1. The van der Waals surface area contributed by atoms with Gasteiger partial charge in [-0.15, -0.1) is 0 Å². The first-order chi connectivity index (χ1) is 8.33. The summed E-state index contributed by atoms with van der Waals surface area (Å²) in [6.07, 6.45) is 0.817. The SMILES string of the molecule is COC(=O)Nc1ncccc1C(=O)NC(C)(C)C. The van der Waals surface area contributed by atoms with Gasteiger partial charge in [-0.05, 0) is 32.9 Å². The normalized spacial score (nSPS) is 10.7. The van der Waals surface area contributed by atoms with Crippen LogP contribution in [0.2, 0.25) is 0 Å². The molecule has 98 valence electrons. The zero-order valence-corrected chi connectivity index (χ0v) is 10.9. The number of pyridine rings is 1. The van der Waals surface area contributed by atoms with Gasteiger partial charge >= 0.3 is 6.09 Å². The van der Waals surface area contributed by atoms with Gasteiger partial charge in [0.1, 0.15) is 5.82 Å². The van der Waals surface area contributed by atoms with Gasteiger partial charge in [-0.25, -0.2) is 9.78 Å². The van der Waals surface area contributed by atoms with E-state index in [0.29, 0.717) is 0 Å². The predicted octanol–water partition coefficient (Wildman–Crippen LogP) is 1.79. The van der Waals surface area contributed by atoms with Crippen molar-refractivity contribution in [3.05, 3.63) is 23.9 Å². The molecule has 1 aromatic rings. The van der Waals surface area contributed by atoms with Gasteiger partial charge in [0.05, 0.1) is 12.7 Å². The summed E-state index contributed by atoms with van der Waals surface area (Å²) in [5.41, 5.74) is -0.0760. The minimum absolute atomic E-state index is 0.172. The number of anilines is 1. The third kappa shape index (κ3) is 4.04. The fraction of sp³-hybridized carbons (Fsp3) is 0.417. The highest BCUT2D eigenvalue weighted by Gasteiger charge is 2.19. The van der Waals surface area contributed by atoms with Crippen LogP contribution in [0.25, 0.3) is 0 Å². The van der Waals surface area contributed by atoms with Gasteiger partial charge < -0.3 is 10.1 Å². The molecule has 6 nitrogen and oxygen atoms in total. The molecule has 0 spiro atoms. The highest BCUT2D eigenvalue weighted by molar-refractivity contribution is 6.01. The molecule has 0 unspecified atom stereocenters. The van der Waals surface area contributed by atoms with E-state index in [9.17, 15) is 9.59 Å². The topological polar surface area (TPSA) is 80.3 Å².